The van der Waals surface area contributed by atoms with Crippen LogP contribution in [0, 0.1) is 0 Å². The molecule has 1 saturated heterocycles. The van der Waals surface area contributed by atoms with Gasteiger partial charge in [-0.2, -0.15) is 5.10 Å². The number of hydrogen-bond donors (Lipinski definition) is 0. The number of aromatic nitrogens is 4. The molecule has 0 radical (unpaired) electrons. The molecule has 1 aliphatic heterocycles. The third-order valence-electron chi connectivity index (χ3n) is 4.22. The Morgan fingerprint density at radius 1 is 1.08 bits per heavy atom. The van der Waals surface area contributed by atoms with Crippen LogP contribution < -0.4 is 4.74 Å². The van der Waals surface area contributed by atoms with E-state index in [1.54, 1.807) is 12.5 Å². The fraction of sp³-hybridized carbons (Fsp3) is 0.316. The first-order valence-corrected chi connectivity index (χ1v) is 8.54. The van der Waals surface area contributed by atoms with E-state index in [2.05, 4.69) is 15.1 Å². The average Bonchev–Trinajstić information content (AvgIpc) is 3.18. The van der Waals surface area contributed by atoms with Crippen molar-refractivity contribution >= 4 is 0 Å². The lowest BCUT2D eigenvalue weighted by Crippen LogP contribution is -2.20. The van der Waals surface area contributed by atoms with Gasteiger partial charge in [-0.15, -0.1) is 0 Å². The highest BCUT2D eigenvalue weighted by atomic mass is 16.5. The normalized spacial score (nSPS) is 17.4. The maximum atomic E-state index is 5.80. The van der Waals surface area contributed by atoms with Crippen molar-refractivity contribution in [2.24, 2.45) is 0 Å². The Hall–Kier alpha value is -2.73. The summed E-state index contributed by atoms with van der Waals surface area (Å²) in [6.07, 6.45) is 6.42. The molecular weight excluding hydrogens is 316 g/mol. The molecule has 6 nitrogen and oxygen atoms in total. The van der Waals surface area contributed by atoms with Crippen LogP contribution in [-0.4, -0.2) is 26.4 Å². The summed E-state index contributed by atoms with van der Waals surface area (Å²) in [5.41, 5.74) is 1.89. The van der Waals surface area contributed by atoms with Crippen LogP contribution >= 0.6 is 0 Å². The lowest BCUT2D eigenvalue weighted by molar-refractivity contribution is -0.0385. The van der Waals surface area contributed by atoms with E-state index >= 15 is 0 Å². The fourth-order valence-corrected chi connectivity index (χ4v) is 2.90. The van der Waals surface area contributed by atoms with Gasteiger partial charge < -0.3 is 9.47 Å². The Labute approximate surface area is 146 Å². The topological polar surface area (TPSA) is 62.1 Å². The first kappa shape index (κ1) is 15.8. The molecule has 3 aromatic rings. The fourth-order valence-electron chi connectivity index (χ4n) is 2.90. The zero-order valence-electron chi connectivity index (χ0n) is 13.9. The molecule has 1 aromatic carbocycles. The lowest BCUT2D eigenvalue weighted by Gasteiger charge is -2.23. The van der Waals surface area contributed by atoms with Crippen LogP contribution in [0.4, 0.5) is 0 Å². The summed E-state index contributed by atoms with van der Waals surface area (Å²) in [6, 6.07) is 13.9. The van der Waals surface area contributed by atoms with E-state index < -0.39 is 0 Å². The molecule has 128 valence electrons. The molecule has 1 aliphatic rings. The Kier molecular flexibility index (Phi) is 4.70. The van der Waals surface area contributed by atoms with Crippen LogP contribution in [0.3, 0.4) is 0 Å². The second-order valence-corrected chi connectivity index (χ2v) is 6.00. The van der Waals surface area contributed by atoms with E-state index in [1.165, 1.54) is 0 Å². The van der Waals surface area contributed by atoms with E-state index in [4.69, 9.17) is 9.47 Å². The van der Waals surface area contributed by atoms with Gasteiger partial charge in [-0.3, -0.25) is 0 Å². The van der Waals surface area contributed by atoms with Gasteiger partial charge in [0.2, 0.25) is 0 Å². The van der Waals surface area contributed by atoms with Crippen molar-refractivity contribution in [2.45, 2.75) is 32.1 Å². The number of benzene rings is 1. The summed E-state index contributed by atoms with van der Waals surface area (Å²) in [6.45, 7) is 1.29. The van der Waals surface area contributed by atoms with Gasteiger partial charge in [-0.05, 0) is 37.0 Å². The average molecular weight is 336 g/mol. The van der Waals surface area contributed by atoms with Gasteiger partial charge in [-0.25, -0.2) is 14.6 Å². The van der Waals surface area contributed by atoms with E-state index in [1.807, 2.05) is 47.1 Å². The summed E-state index contributed by atoms with van der Waals surface area (Å²) >= 11 is 0. The number of nitrogens with zero attached hydrogens (tertiary/aromatic N) is 4. The van der Waals surface area contributed by atoms with Gasteiger partial charge in [-0.1, -0.05) is 30.3 Å². The molecule has 0 bridgehead atoms. The Morgan fingerprint density at radius 3 is 2.76 bits per heavy atom. The minimum Gasteiger partial charge on any atom is -0.487 e. The smallest absolute Gasteiger partial charge is 0.179 e. The second-order valence-electron chi connectivity index (χ2n) is 6.00. The van der Waals surface area contributed by atoms with Crippen molar-refractivity contribution in [1.82, 2.24) is 19.7 Å². The highest BCUT2D eigenvalue weighted by molar-refractivity contribution is 5.49. The van der Waals surface area contributed by atoms with Crippen LogP contribution in [0.25, 0.3) is 11.5 Å². The van der Waals surface area contributed by atoms with Gasteiger partial charge in [0.1, 0.15) is 24.4 Å². The molecule has 3 heterocycles. The minimum absolute atomic E-state index is 0.0537. The molecule has 2 aromatic heterocycles. The van der Waals surface area contributed by atoms with Crippen molar-refractivity contribution in [3.63, 3.8) is 0 Å². The van der Waals surface area contributed by atoms with Gasteiger partial charge >= 0.3 is 0 Å². The van der Waals surface area contributed by atoms with Gasteiger partial charge in [0, 0.05) is 6.61 Å². The van der Waals surface area contributed by atoms with Gasteiger partial charge in [0.15, 0.2) is 12.1 Å². The standard InChI is InChI=1S/C19H20N4O2/c1-2-6-15(7-3-1)13-25-16-9-10-17(20-12-16)19-21-14-22-23(19)18-8-4-5-11-24-18/h1-3,6-7,9-10,12,14,18H,4-5,8,11,13H2. The molecule has 0 saturated carbocycles. The van der Waals surface area contributed by atoms with Crippen LogP contribution in [-0.2, 0) is 11.3 Å². The van der Waals surface area contributed by atoms with E-state index in [9.17, 15) is 0 Å². The summed E-state index contributed by atoms with van der Waals surface area (Å²) in [7, 11) is 0. The molecule has 0 spiro atoms. The van der Waals surface area contributed by atoms with Crippen LogP contribution in [0.2, 0.25) is 0 Å². The van der Waals surface area contributed by atoms with Crippen LogP contribution in [0.1, 0.15) is 31.1 Å². The molecular formula is C19H20N4O2. The second kappa shape index (κ2) is 7.44. The molecule has 4 rings (SSSR count). The summed E-state index contributed by atoms with van der Waals surface area (Å²) in [5.74, 6) is 1.45. The Bertz CT molecular complexity index is 796. The first-order valence-electron chi connectivity index (χ1n) is 8.54. The molecule has 1 atom stereocenters. The Balaban J connectivity index is 1.46. The van der Waals surface area contributed by atoms with Crippen molar-refractivity contribution in [1.29, 1.82) is 0 Å². The van der Waals surface area contributed by atoms with Crippen molar-refractivity contribution in [3.8, 4) is 17.3 Å². The first-order chi connectivity index (χ1) is 12.4. The maximum Gasteiger partial charge on any atom is 0.179 e. The van der Waals surface area contributed by atoms with Crippen molar-refractivity contribution in [2.75, 3.05) is 6.61 Å². The summed E-state index contributed by atoms with van der Waals surface area (Å²) in [4.78, 5) is 8.84. The number of hydrogen-bond acceptors (Lipinski definition) is 5. The molecule has 0 amide bonds. The molecule has 1 unspecified atom stereocenters. The number of rotatable bonds is 5. The molecule has 25 heavy (non-hydrogen) atoms. The van der Waals surface area contributed by atoms with Crippen molar-refractivity contribution < 1.29 is 9.47 Å². The zero-order valence-corrected chi connectivity index (χ0v) is 13.9. The number of pyridine rings is 1. The summed E-state index contributed by atoms with van der Waals surface area (Å²) < 4.78 is 13.4. The molecule has 0 aliphatic carbocycles. The lowest BCUT2D eigenvalue weighted by atomic mass is 10.2. The van der Waals surface area contributed by atoms with E-state index in [0.717, 1.165) is 48.7 Å². The van der Waals surface area contributed by atoms with Gasteiger partial charge in [0.05, 0.1) is 6.20 Å². The third-order valence-corrected chi connectivity index (χ3v) is 4.22. The van der Waals surface area contributed by atoms with Gasteiger partial charge in [0.25, 0.3) is 0 Å². The minimum atomic E-state index is -0.0537. The van der Waals surface area contributed by atoms with E-state index in [0.29, 0.717) is 6.61 Å². The maximum absolute atomic E-state index is 5.80. The Morgan fingerprint density at radius 2 is 2.00 bits per heavy atom. The highest BCUT2D eigenvalue weighted by Crippen LogP contribution is 2.26. The SMILES string of the molecule is c1ccc(COc2ccc(-c3ncnn3C3CCCCO3)nc2)cc1. The molecule has 0 N–H and O–H groups in total. The zero-order chi connectivity index (χ0) is 16.9. The number of ether oxygens (including phenoxy) is 2. The largest absolute Gasteiger partial charge is 0.487 e. The highest BCUT2D eigenvalue weighted by Gasteiger charge is 2.21. The van der Waals surface area contributed by atoms with Crippen LogP contribution in [0.15, 0.2) is 55.0 Å². The quantitative estimate of drug-likeness (QED) is 0.712. The summed E-state index contributed by atoms with van der Waals surface area (Å²) in [5, 5.41) is 4.32. The third kappa shape index (κ3) is 3.69. The monoisotopic (exact) mass is 336 g/mol. The predicted molar refractivity (Wildman–Crippen MR) is 92.9 cm³/mol. The predicted octanol–water partition coefficient (Wildman–Crippen LogP) is 3.62. The van der Waals surface area contributed by atoms with Crippen molar-refractivity contribution in [3.05, 3.63) is 60.6 Å². The van der Waals surface area contributed by atoms with Crippen LogP contribution in [0.5, 0.6) is 5.75 Å². The molecule has 1 fully saturated rings. The van der Waals surface area contributed by atoms with E-state index in [-0.39, 0.29) is 6.23 Å². The molecule has 6 heteroatoms.